The summed E-state index contributed by atoms with van der Waals surface area (Å²) in [5, 5.41) is 14.2. The average Bonchev–Trinajstić information content (AvgIpc) is 3.06. The monoisotopic (exact) mass is 326 g/mol. The summed E-state index contributed by atoms with van der Waals surface area (Å²) in [6, 6.07) is 1.06. The molecule has 0 spiro atoms. The molecule has 1 aliphatic heterocycles. The first kappa shape index (κ1) is 14.7. The van der Waals surface area contributed by atoms with Crippen LogP contribution < -0.4 is 5.32 Å². The fourth-order valence-corrected chi connectivity index (χ4v) is 5.03. The minimum Gasteiger partial charge on any atom is -0.480 e. The number of nitrogens with zero attached hydrogens (tertiary/aromatic N) is 1. The van der Waals surface area contributed by atoms with Gasteiger partial charge < -0.3 is 10.4 Å². The van der Waals surface area contributed by atoms with Gasteiger partial charge in [0.1, 0.15) is 6.04 Å². The molecule has 2 atom stereocenters. The summed E-state index contributed by atoms with van der Waals surface area (Å²) in [5.41, 5.74) is 1.16. The number of urea groups is 1. The largest absolute Gasteiger partial charge is 0.480 e. The number of carbonyl (C=O) groups is 2. The molecule has 114 valence electrons. The number of aryl methyl sites for hydroxylation is 1. The lowest BCUT2D eigenvalue weighted by Gasteiger charge is -2.27. The van der Waals surface area contributed by atoms with Crippen LogP contribution in [0.1, 0.15) is 23.3 Å². The maximum Gasteiger partial charge on any atom is 0.327 e. The van der Waals surface area contributed by atoms with E-state index in [1.54, 1.807) is 28.0 Å². The van der Waals surface area contributed by atoms with Crippen LogP contribution in [0.4, 0.5) is 4.79 Å². The first-order chi connectivity index (χ1) is 10.1. The lowest BCUT2D eigenvalue weighted by atomic mass is 10.2. The van der Waals surface area contributed by atoms with Gasteiger partial charge in [-0.2, -0.15) is 0 Å². The summed E-state index contributed by atoms with van der Waals surface area (Å²) in [5.74, 6) is 0.0452. The molecule has 7 heteroatoms. The van der Waals surface area contributed by atoms with Crippen molar-refractivity contribution in [3.8, 4) is 0 Å². The zero-order chi connectivity index (χ0) is 15.0. The smallest absolute Gasteiger partial charge is 0.327 e. The Balaban J connectivity index is 1.67. The van der Waals surface area contributed by atoms with Gasteiger partial charge in [0.25, 0.3) is 0 Å². The number of carbonyl (C=O) groups excluding carboxylic acids is 1. The van der Waals surface area contributed by atoms with E-state index in [0.717, 1.165) is 23.3 Å². The van der Waals surface area contributed by atoms with E-state index < -0.39 is 12.0 Å². The van der Waals surface area contributed by atoms with Gasteiger partial charge in [0.15, 0.2) is 0 Å². The minimum absolute atomic E-state index is 0.0236. The van der Waals surface area contributed by atoms with Crippen LogP contribution in [-0.4, -0.2) is 39.2 Å². The third-order valence-electron chi connectivity index (χ3n) is 3.95. The Hall–Kier alpha value is -1.21. The summed E-state index contributed by atoms with van der Waals surface area (Å²) in [6.45, 7) is 2.48. The molecule has 1 saturated heterocycles. The molecule has 0 radical (unpaired) electrons. The average molecular weight is 326 g/mol. The molecule has 2 unspecified atom stereocenters. The molecule has 2 N–H and O–H groups in total. The summed E-state index contributed by atoms with van der Waals surface area (Å²) >= 11 is 3.21. The SMILES string of the molecule is Cc1ccsc1CNC(=O)N1C(C(=O)O)CSC1C1CC1. The third kappa shape index (κ3) is 3.03. The van der Waals surface area contributed by atoms with Crippen molar-refractivity contribution in [3.63, 3.8) is 0 Å². The second kappa shape index (κ2) is 5.88. The van der Waals surface area contributed by atoms with Crippen molar-refractivity contribution in [2.24, 2.45) is 5.92 Å². The van der Waals surface area contributed by atoms with E-state index in [1.807, 2.05) is 18.4 Å². The van der Waals surface area contributed by atoms with E-state index in [2.05, 4.69) is 5.32 Å². The molecule has 1 aliphatic carbocycles. The molecule has 2 fully saturated rings. The Morgan fingerprint density at radius 1 is 1.48 bits per heavy atom. The second-order valence-electron chi connectivity index (χ2n) is 5.51. The van der Waals surface area contributed by atoms with Crippen molar-refractivity contribution in [1.82, 2.24) is 10.2 Å². The second-order valence-corrected chi connectivity index (χ2v) is 7.66. The van der Waals surface area contributed by atoms with Gasteiger partial charge in [-0.15, -0.1) is 23.1 Å². The van der Waals surface area contributed by atoms with E-state index in [9.17, 15) is 14.7 Å². The van der Waals surface area contributed by atoms with Gasteiger partial charge in [-0.1, -0.05) is 0 Å². The number of hydrogen-bond donors (Lipinski definition) is 2. The number of nitrogens with one attached hydrogen (secondary N) is 1. The van der Waals surface area contributed by atoms with Crippen molar-refractivity contribution in [2.75, 3.05) is 5.75 Å². The molecular weight excluding hydrogens is 308 g/mol. The normalized spacial score (nSPS) is 25.1. The third-order valence-corrected chi connectivity index (χ3v) is 6.43. The van der Waals surface area contributed by atoms with Crippen molar-refractivity contribution in [2.45, 2.75) is 37.7 Å². The maximum absolute atomic E-state index is 12.5. The molecule has 2 amide bonds. The Kier molecular flexibility index (Phi) is 4.12. The Morgan fingerprint density at radius 2 is 2.24 bits per heavy atom. The van der Waals surface area contributed by atoms with Crippen molar-refractivity contribution >= 4 is 35.1 Å². The zero-order valence-corrected chi connectivity index (χ0v) is 13.4. The lowest BCUT2D eigenvalue weighted by Crippen LogP contribution is -2.50. The van der Waals surface area contributed by atoms with Gasteiger partial charge in [-0.05, 0) is 42.7 Å². The van der Waals surface area contributed by atoms with Gasteiger partial charge in [0.2, 0.25) is 0 Å². The Labute approximate surface area is 131 Å². The number of carboxylic acids is 1. The number of rotatable bonds is 4. The molecule has 1 aromatic rings. The highest BCUT2D eigenvalue weighted by Gasteiger charge is 2.48. The van der Waals surface area contributed by atoms with Crippen LogP contribution in [0.25, 0.3) is 0 Å². The number of aliphatic carboxylic acids is 1. The molecule has 21 heavy (non-hydrogen) atoms. The van der Waals surface area contributed by atoms with Crippen LogP contribution in [0.3, 0.4) is 0 Å². The number of thioether (sulfide) groups is 1. The van der Waals surface area contributed by atoms with E-state index in [1.165, 1.54) is 0 Å². The standard InChI is InChI=1S/C14H18N2O3S2/c1-8-4-5-20-11(8)6-15-14(19)16-10(13(17)18)7-21-12(16)9-2-3-9/h4-5,9-10,12H,2-3,6-7H2,1H3,(H,15,19)(H,17,18). The molecule has 1 saturated carbocycles. The predicted octanol–water partition coefficient (Wildman–Crippen LogP) is 2.50. The molecule has 2 aliphatic rings. The molecule has 2 heterocycles. The molecule has 3 rings (SSSR count). The van der Waals surface area contributed by atoms with Crippen LogP contribution in [-0.2, 0) is 11.3 Å². The maximum atomic E-state index is 12.5. The van der Waals surface area contributed by atoms with Crippen LogP contribution in [0.5, 0.6) is 0 Å². The molecular formula is C14H18N2O3S2. The van der Waals surface area contributed by atoms with Crippen LogP contribution in [0.15, 0.2) is 11.4 Å². The van der Waals surface area contributed by atoms with Gasteiger partial charge >= 0.3 is 12.0 Å². The fourth-order valence-electron chi connectivity index (χ4n) is 2.55. The Bertz CT molecular complexity index is 556. The summed E-state index contributed by atoms with van der Waals surface area (Å²) < 4.78 is 0. The van der Waals surface area contributed by atoms with Gasteiger partial charge in [-0.3, -0.25) is 4.90 Å². The minimum atomic E-state index is -0.909. The zero-order valence-electron chi connectivity index (χ0n) is 11.7. The quantitative estimate of drug-likeness (QED) is 0.892. The van der Waals surface area contributed by atoms with E-state index in [0.29, 0.717) is 18.2 Å². The van der Waals surface area contributed by atoms with Crippen LogP contribution >= 0.6 is 23.1 Å². The fraction of sp³-hybridized carbons (Fsp3) is 0.571. The molecule has 0 bridgehead atoms. The first-order valence-corrected chi connectivity index (χ1v) is 8.94. The predicted molar refractivity (Wildman–Crippen MR) is 83.5 cm³/mol. The topological polar surface area (TPSA) is 69.6 Å². The first-order valence-electron chi connectivity index (χ1n) is 7.01. The van der Waals surface area contributed by atoms with Gasteiger partial charge in [-0.25, -0.2) is 9.59 Å². The highest BCUT2D eigenvalue weighted by atomic mass is 32.2. The van der Waals surface area contributed by atoms with E-state index in [4.69, 9.17) is 0 Å². The highest BCUT2D eigenvalue weighted by molar-refractivity contribution is 8.00. The van der Waals surface area contributed by atoms with Crippen molar-refractivity contribution in [3.05, 3.63) is 21.9 Å². The number of thiophene rings is 1. The van der Waals surface area contributed by atoms with Crippen molar-refractivity contribution in [1.29, 1.82) is 0 Å². The summed E-state index contributed by atoms with van der Waals surface area (Å²) in [4.78, 5) is 26.5. The van der Waals surface area contributed by atoms with Crippen LogP contribution in [0.2, 0.25) is 0 Å². The molecule has 0 aromatic carbocycles. The number of amides is 2. The number of hydrogen-bond acceptors (Lipinski definition) is 4. The summed E-state index contributed by atoms with van der Waals surface area (Å²) in [7, 11) is 0. The number of carboxylic acid groups (broad SMARTS) is 1. The lowest BCUT2D eigenvalue weighted by molar-refractivity contribution is -0.141. The van der Waals surface area contributed by atoms with Gasteiger partial charge in [0.05, 0.1) is 11.9 Å². The van der Waals surface area contributed by atoms with Crippen LogP contribution in [0, 0.1) is 12.8 Å². The molecule has 1 aromatic heterocycles. The van der Waals surface area contributed by atoms with E-state index >= 15 is 0 Å². The van der Waals surface area contributed by atoms with E-state index in [-0.39, 0.29) is 11.4 Å². The highest BCUT2D eigenvalue weighted by Crippen LogP contribution is 2.45. The van der Waals surface area contributed by atoms with Gasteiger partial charge in [0, 0.05) is 10.6 Å². The molecule has 5 nitrogen and oxygen atoms in total. The summed E-state index contributed by atoms with van der Waals surface area (Å²) in [6.07, 6.45) is 2.19. The Morgan fingerprint density at radius 3 is 2.81 bits per heavy atom. The van der Waals surface area contributed by atoms with Crippen molar-refractivity contribution < 1.29 is 14.7 Å².